The molecular weight excluding hydrogens is 389 g/mol. The van der Waals surface area contributed by atoms with Gasteiger partial charge in [-0.05, 0) is 46.3 Å². The first-order valence-electron chi connectivity index (χ1n) is 7.81. The van der Waals surface area contributed by atoms with E-state index in [0.717, 1.165) is 10.2 Å². The SMILES string of the molecule is CC.CN(C)c1cc2oc(-c3ccc(F)cc3)c(C(=O)O)c2cc1Br. The normalized spacial score (nSPS) is 10.3. The number of carboxylic acids is 1. The second kappa shape index (κ2) is 7.70. The van der Waals surface area contributed by atoms with E-state index < -0.39 is 5.97 Å². The molecule has 1 heterocycles. The van der Waals surface area contributed by atoms with Crippen molar-refractivity contribution in [3.63, 3.8) is 0 Å². The number of anilines is 1. The zero-order chi connectivity index (χ0) is 18.7. The summed E-state index contributed by atoms with van der Waals surface area (Å²) < 4.78 is 19.7. The number of rotatable bonds is 3. The number of aromatic carboxylic acids is 1. The highest BCUT2D eigenvalue weighted by molar-refractivity contribution is 9.10. The van der Waals surface area contributed by atoms with Crippen LogP contribution in [0.15, 0.2) is 45.3 Å². The Labute approximate surface area is 154 Å². The van der Waals surface area contributed by atoms with Gasteiger partial charge < -0.3 is 14.4 Å². The average Bonchev–Trinajstić information content (AvgIpc) is 2.94. The summed E-state index contributed by atoms with van der Waals surface area (Å²) in [6.45, 7) is 4.00. The fourth-order valence-corrected chi connectivity index (χ4v) is 3.16. The van der Waals surface area contributed by atoms with E-state index in [4.69, 9.17) is 4.42 Å². The average molecular weight is 408 g/mol. The summed E-state index contributed by atoms with van der Waals surface area (Å²) in [5.74, 6) is -1.26. The van der Waals surface area contributed by atoms with Gasteiger partial charge in [0.1, 0.15) is 22.7 Å². The van der Waals surface area contributed by atoms with Crippen LogP contribution in [0.2, 0.25) is 0 Å². The van der Waals surface area contributed by atoms with Crippen molar-refractivity contribution in [2.45, 2.75) is 13.8 Å². The number of fused-ring (bicyclic) bond motifs is 1. The van der Waals surface area contributed by atoms with Crippen molar-refractivity contribution in [1.82, 2.24) is 0 Å². The fraction of sp³-hybridized carbons (Fsp3) is 0.211. The Balaban J connectivity index is 0.00000109. The maximum atomic E-state index is 13.1. The summed E-state index contributed by atoms with van der Waals surface area (Å²) in [5, 5.41) is 10.1. The van der Waals surface area contributed by atoms with E-state index >= 15 is 0 Å². The topological polar surface area (TPSA) is 53.7 Å². The number of halogens is 2. The van der Waals surface area contributed by atoms with Gasteiger partial charge in [-0.25, -0.2) is 9.18 Å². The van der Waals surface area contributed by atoms with E-state index in [9.17, 15) is 14.3 Å². The lowest BCUT2D eigenvalue weighted by atomic mass is 10.1. The lowest BCUT2D eigenvalue weighted by Gasteiger charge is -2.14. The van der Waals surface area contributed by atoms with Gasteiger partial charge in [-0.3, -0.25) is 0 Å². The minimum absolute atomic E-state index is 0.0672. The fourth-order valence-electron chi connectivity index (χ4n) is 2.47. The van der Waals surface area contributed by atoms with Crippen molar-refractivity contribution in [2.24, 2.45) is 0 Å². The van der Waals surface area contributed by atoms with Gasteiger partial charge in [-0.2, -0.15) is 0 Å². The molecule has 0 saturated heterocycles. The molecule has 0 fully saturated rings. The third-order valence-corrected chi connectivity index (χ3v) is 4.19. The zero-order valence-corrected chi connectivity index (χ0v) is 16.0. The van der Waals surface area contributed by atoms with E-state index in [0.29, 0.717) is 16.5 Å². The van der Waals surface area contributed by atoms with Crippen LogP contribution in [0, 0.1) is 5.82 Å². The van der Waals surface area contributed by atoms with E-state index in [1.165, 1.54) is 24.3 Å². The van der Waals surface area contributed by atoms with Gasteiger partial charge in [-0.15, -0.1) is 0 Å². The molecule has 6 heteroatoms. The minimum Gasteiger partial charge on any atom is -0.478 e. The standard InChI is InChI=1S/C17H13BrFNO3.C2H6/c1-20(2)13-8-14-11(7-12(13)18)15(17(21)22)16(23-14)9-3-5-10(19)6-4-9;1-2/h3-8H,1-2H3,(H,21,22);1-2H3. The third kappa shape index (κ3) is 3.69. The Morgan fingerprint density at radius 3 is 2.28 bits per heavy atom. The van der Waals surface area contributed by atoms with Crippen molar-refractivity contribution in [2.75, 3.05) is 19.0 Å². The monoisotopic (exact) mass is 407 g/mol. The Morgan fingerprint density at radius 2 is 1.76 bits per heavy atom. The molecule has 0 radical (unpaired) electrons. The van der Waals surface area contributed by atoms with Crippen molar-refractivity contribution in [1.29, 1.82) is 0 Å². The smallest absolute Gasteiger partial charge is 0.340 e. The van der Waals surface area contributed by atoms with Gasteiger partial charge in [0.15, 0.2) is 0 Å². The maximum absolute atomic E-state index is 13.1. The van der Waals surface area contributed by atoms with Gasteiger partial charge in [0.05, 0.1) is 5.69 Å². The Bertz CT molecular complexity index is 901. The van der Waals surface area contributed by atoms with Crippen LogP contribution in [0.4, 0.5) is 10.1 Å². The van der Waals surface area contributed by atoms with E-state index in [2.05, 4.69) is 15.9 Å². The first-order chi connectivity index (χ1) is 11.9. The molecule has 4 nitrogen and oxygen atoms in total. The molecule has 132 valence electrons. The highest BCUT2D eigenvalue weighted by atomic mass is 79.9. The van der Waals surface area contributed by atoms with Crippen LogP contribution in [0.1, 0.15) is 24.2 Å². The second-order valence-electron chi connectivity index (χ2n) is 5.31. The number of carbonyl (C=O) groups is 1. The zero-order valence-electron chi connectivity index (χ0n) is 14.4. The molecule has 2 aromatic carbocycles. The van der Waals surface area contributed by atoms with Gasteiger partial charge in [0.2, 0.25) is 0 Å². The largest absolute Gasteiger partial charge is 0.478 e. The minimum atomic E-state index is -1.09. The lowest BCUT2D eigenvalue weighted by molar-refractivity contribution is 0.0699. The number of hydrogen-bond acceptors (Lipinski definition) is 3. The second-order valence-corrected chi connectivity index (χ2v) is 6.17. The van der Waals surface area contributed by atoms with Crippen LogP contribution >= 0.6 is 15.9 Å². The summed E-state index contributed by atoms with van der Waals surface area (Å²) in [5.41, 5.74) is 1.92. The van der Waals surface area contributed by atoms with Crippen LogP contribution in [0.5, 0.6) is 0 Å². The molecule has 0 aliphatic rings. The highest BCUT2D eigenvalue weighted by Gasteiger charge is 2.23. The molecule has 0 saturated carbocycles. The summed E-state index contributed by atoms with van der Waals surface area (Å²) in [6, 6.07) is 9.05. The molecule has 0 amide bonds. The van der Waals surface area contributed by atoms with Crippen molar-refractivity contribution < 1.29 is 18.7 Å². The van der Waals surface area contributed by atoms with Gasteiger partial charge in [0.25, 0.3) is 0 Å². The number of benzene rings is 2. The first kappa shape index (κ1) is 19.0. The number of nitrogens with zero attached hydrogens (tertiary/aromatic N) is 1. The Hall–Kier alpha value is -2.34. The Kier molecular flexibility index (Phi) is 5.85. The van der Waals surface area contributed by atoms with Crippen molar-refractivity contribution >= 4 is 38.6 Å². The molecule has 3 aromatic rings. The van der Waals surface area contributed by atoms with Crippen molar-refractivity contribution in [3.8, 4) is 11.3 Å². The van der Waals surface area contributed by atoms with Gasteiger partial charge in [-0.1, -0.05) is 13.8 Å². The molecule has 0 bridgehead atoms. The molecule has 1 aromatic heterocycles. The van der Waals surface area contributed by atoms with Crippen LogP contribution in [0.25, 0.3) is 22.3 Å². The van der Waals surface area contributed by atoms with E-state index in [-0.39, 0.29) is 17.1 Å². The number of carboxylic acid groups (broad SMARTS) is 1. The molecule has 0 unspecified atom stereocenters. The molecule has 0 aliphatic carbocycles. The summed E-state index contributed by atoms with van der Waals surface area (Å²) >= 11 is 3.45. The van der Waals surface area contributed by atoms with Gasteiger partial charge >= 0.3 is 5.97 Å². The van der Waals surface area contributed by atoms with E-state index in [1.54, 1.807) is 12.1 Å². The van der Waals surface area contributed by atoms with Crippen LogP contribution in [-0.4, -0.2) is 25.2 Å². The molecule has 1 N–H and O–H groups in total. The van der Waals surface area contributed by atoms with E-state index in [1.807, 2.05) is 32.8 Å². The highest BCUT2D eigenvalue weighted by Crippen LogP contribution is 2.38. The summed E-state index contributed by atoms with van der Waals surface area (Å²) in [6.07, 6.45) is 0. The molecule has 0 atom stereocenters. The predicted octanol–water partition coefficient (Wildman–Crippen LogP) is 5.79. The molecular formula is C19H19BrFNO3. The quantitative estimate of drug-likeness (QED) is 0.596. The number of furan rings is 1. The van der Waals surface area contributed by atoms with Crippen LogP contribution in [-0.2, 0) is 0 Å². The molecule has 0 spiro atoms. The first-order valence-corrected chi connectivity index (χ1v) is 8.60. The number of hydrogen-bond donors (Lipinski definition) is 1. The van der Waals surface area contributed by atoms with Crippen LogP contribution in [0.3, 0.4) is 0 Å². The molecule has 3 rings (SSSR count). The summed E-state index contributed by atoms with van der Waals surface area (Å²) in [7, 11) is 3.77. The molecule has 0 aliphatic heterocycles. The predicted molar refractivity (Wildman–Crippen MR) is 102 cm³/mol. The van der Waals surface area contributed by atoms with Crippen LogP contribution < -0.4 is 4.90 Å². The summed E-state index contributed by atoms with van der Waals surface area (Å²) in [4.78, 5) is 13.6. The maximum Gasteiger partial charge on any atom is 0.340 e. The third-order valence-electron chi connectivity index (χ3n) is 3.56. The van der Waals surface area contributed by atoms with Gasteiger partial charge in [0, 0.05) is 35.6 Å². The van der Waals surface area contributed by atoms with Crippen molar-refractivity contribution in [3.05, 3.63) is 52.3 Å². The Morgan fingerprint density at radius 1 is 1.16 bits per heavy atom. The molecule has 25 heavy (non-hydrogen) atoms. The lowest BCUT2D eigenvalue weighted by Crippen LogP contribution is -2.09.